The molecule has 0 heteroatoms. The Labute approximate surface area is 375 Å². The molecular formula is C64H46. The van der Waals surface area contributed by atoms with Crippen LogP contribution in [0, 0.1) is 0 Å². The van der Waals surface area contributed by atoms with Gasteiger partial charge in [-0.05, 0) is 156 Å². The van der Waals surface area contributed by atoms with Crippen molar-refractivity contribution in [2.24, 2.45) is 0 Å². The number of fused-ring (bicyclic) bond motifs is 11. The van der Waals surface area contributed by atoms with E-state index in [9.17, 15) is 0 Å². The molecular weight excluding hydrogens is 769 g/mol. The highest BCUT2D eigenvalue weighted by molar-refractivity contribution is 6.22. The van der Waals surface area contributed by atoms with Crippen molar-refractivity contribution in [2.75, 3.05) is 0 Å². The van der Waals surface area contributed by atoms with Crippen LogP contribution in [0.5, 0.6) is 0 Å². The summed E-state index contributed by atoms with van der Waals surface area (Å²) in [6.07, 6.45) is 0. The third-order valence-electron chi connectivity index (χ3n) is 15.1. The second-order valence-electron chi connectivity index (χ2n) is 19.2. The molecule has 64 heavy (non-hydrogen) atoms. The van der Waals surface area contributed by atoms with Gasteiger partial charge in [-0.25, -0.2) is 0 Å². The van der Waals surface area contributed by atoms with Crippen molar-refractivity contribution in [2.45, 2.75) is 38.5 Å². The molecule has 0 N–H and O–H groups in total. The second kappa shape index (κ2) is 13.5. The quantitative estimate of drug-likeness (QED) is 0.123. The van der Waals surface area contributed by atoms with Gasteiger partial charge in [0.15, 0.2) is 0 Å². The summed E-state index contributed by atoms with van der Waals surface area (Å²) in [6.45, 7) is 9.49. The van der Waals surface area contributed by atoms with E-state index in [1.807, 2.05) is 0 Å². The van der Waals surface area contributed by atoms with Crippen LogP contribution in [0.2, 0.25) is 0 Å². The molecule has 11 aromatic rings. The van der Waals surface area contributed by atoms with Gasteiger partial charge in [0, 0.05) is 10.8 Å². The Balaban J connectivity index is 1.04. The van der Waals surface area contributed by atoms with E-state index in [4.69, 9.17) is 0 Å². The first kappa shape index (κ1) is 37.1. The minimum atomic E-state index is -0.0763. The third-order valence-corrected chi connectivity index (χ3v) is 15.1. The Morgan fingerprint density at radius 1 is 0.234 bits per heavy atom. The van der Waals surface area contributed by atoms with Gasteiger partial charge in [0.2, 0.25) is 0 Å². The van der Waals surface area contributed by atoms with E-state index < -0.39 is 0 Å². The number of hydrogen-bond acceptors (Lipinski definition) is 0. The fourth-order valence-electron chi connectivity index (χ4n) is 11.8. The molecule has 0 spiro atoms. The van der Waals surface area contributed by atoms with E-state index >= 15 is 0 Å². The van der Waals surface area contributed by atoms with Crippen LogP contribution in [-0.4, -0.2) is 0 Å². The lowest BCUT2D eigenvalue weighted by Gasteiger charge is -2.23. The summed E-state index contributed by atoms with van der Waals surface area (Å²) >= 11 is 0. The predicted molar refractivity (Wildman–Crippen MR) is 273 cm³/mol. The zero-order valence-corrected chi connectivity index (χ0v) is 36.6. The number of hydrogen-bond donors (Lipinski definition) is 0. The highest BCUT2D eigenvalue weighted by Crippen LogP contribution is 2.53. The van der Waals surface area contributed by atoms with Gasteiger partial charge in [-0.3, -0.25) is 0 Å². The molecule has 2 aliphatic carbocycles. The maximum absolute atomic E-state index is 2.48. The average molecular weight is 815 g/mol. The van der Waals surface area contributed by atoms with Crippen LogP contribution in [-0.2, 0) is 10.8 Å². The molecule has 2 aliphatic rings. The largest absolute Gasteiger partial charge is 0.0619 e. The van der Waals surface area contributed by atoms with E-state index in [2.05, 4.69) is 234 Å². The molecule has 302 valence electrons. The lowest BCUT2D eigenvalue weighted by atomic mass is 9.80. The monoisotopic (exact) mass is 814 g/mol. The summed E-state index contributed by atoms with van der Waals surface area (Å²) in [7, 11) is 0. The first-order chi connectivity index (χ1) is 31.3. The lowest BCUT2D eigenvalue weighted by molar-refractivity contribution is 0.660. The number of rotatable bonds is 4. The van der Waals surface area contributed by atoms with Gasteiger partial charge in [0.25, 0.3) is 0 Å². The van der Waals surface area contributed by atoms with E-state index in [-0.39, 0.29) is 10.8 Å². The van der Waals surface area contributed by atoms with Crippen molar-refractivity contribution in [3.05, 3.63) is 229 Å². The zero-order valence-electron chi connectivity index (χ0n) is 36.6. The molecule has 0 nitrogen and oxygen atoms in total. The normalized spacial score (nSPS) is 14.2. The van der Waals surface area contributed by atoms with Crippen LogP contribution in [0.15, 0.2) is 206 Å². The molecule has 0 aliphatic heterocycles. The van der Waals surface area contributed by atoms with Crippen molar-refractivity contribution in [3.63, 3.8) is 0 Å². The standard InChI is InChI=1S/C64H46/c1-63(2)58-24-14-12-20-49(58)55-37-44(31-34-59(55)63)62-52-22-10-9-21-51(52)61(40-27-25-39(26-28-40)54-36-43-15-5-6-16-45(43)46-17-7-8-18-47(46)54)53-33-30-41(35-56(53)62)42-29-32-50-48-19-11-13-23-57(48)64(3,4)60(50)38-42/h5-38H,1-4H3. The van der Waals surface area contributed by atoms with Gasteiger partial charge >= 0.3 is 0 Å². The third kappa shape index (κ3) is 5.23. The first-order valence-corrected chi connectivity index (χ1v) is 22.7. The summed E-state index contributed by atoms with van der Waals surface area (Å²) in [4.78, 5) is 0. The SMILES string of the molecule is CC1(C)c2ccccc2-c2cc(-c3c4ccccc4c(-c4ccc(-c5cc6ccccc6c6ccccc56)cc4)c4ccc(-c5ccc6c(c5)C(C)(C)c5ccccc5-6)cc34)ccc21. The van der Waals surface area contributed by atoms with E-state index in [1.54, 1.807) is 0 Å². The molecule has 13 rings (SSSR count). The van der Waals surface area contributed by atoms with Crippen molar-refractivity contribution in [3.8, 4) is 66.8 Å². The smallest absolute Gasteiger partial charge is 0.0159 e. The Morgan fingerprint density at radius 3 is 1.44 bits per heavy atom. The molecule has 11 aromatic carbocycles. The summed E-state index contributed by atoms with van der Waals surface area (Å²) < 4.78 is 0. The summed E-state index contributed by atoms with van der Waals surface area (Å²) in [5.74, 6) is 0. The van der Waals surface area contributed by atoms with Crippen LogP contribution >= 0.6 is 0 Å². The van der Waals surface area contributed by atoms with Gasteiger partial charge in [-0.2, -0.15) is 0 Å². The van der Waals surface area contributed by atoms with E-state index in [1.165, 1.54) is 132 Å². The average Bonchev–Trinajstić information content (AvgIpc) is 3.71. The second-order valence-corrected chi connectivity index (χ2v) is 19.2. The molecule has 0 saturated carbocycles. The molecule has 0 heterocycles. The van der Waals surface area contributed by atoms with Crippen LogP contribution in [0.4, 0.5) is 0 Å². The Bertz CT molecular complexity index is 3760. The lowest BCUT2D eigenvalue weighted by Crippen LogP contribution is -2.14. The maximum atomic E-state index is 2.48. The molecule has 0 aromatic heterocycles. The zero-order chi connectivity index (χ0) is 42.9. The molecule has 0 amide bonds. The Hall–Kier alpha value is -7.54. The van der Waals surface area contributed by atoms with Crippen molar-refractivity contribution in [1.29, 1.82) is 0 Å². The molecule has 0 unspecified atom stereocenters. The predicted octanol–water partition coefficient (Wildman–Crippen LogP) is 17.6. The van der Waals surface area contributed by atoms with Gasteiger partial charge in [-0.1, -0.05) is 210 Å². The van der Waals surface area contributed by atoms with Crippen LogP contribution in [0.1, 0.15) is 49.9 Å². The summed E-state index contributed by atoms with van der Waals surface area (Å²) in [5, 5.41) is 10.2. The van der Waals surface area contributed by atoms with Crippen molar-refractivity contribution < 1.29 is 0 Å². The molecule has 0 fully saturated rings. The fourth-order valence-corrected chi connectivity index (χ4v) is 11.8. The molecule has 0 radical (unpaired) electrons. The van der Waals surface area contributed by atoms with Crippen LogP contribution in [0.25, 0.3) is 110 Å². The molecule has 0 bridgehead atoms. The maximum Gasteiger partial charge on any atom is 0.0159 e. The summed E-state index contributed by atoms with van der Waals surface area (Å²) in [6, 6.07) is 78.0. The summed E-state index contributed by atoms with van der Waals surface area (Å²) in [5.41, 5.74) is 20.8. The van der Waals surface area contributed by atoms with Crippen LogP contribution in [0.3, 0.4) is 0 Å². The Morgan fingerprint density at radius 2 is 0.703 bits per heavy atom. The van der Waals surface area contributed by atoms with Crippen molar-refractivity contribution in [1.82, 2.24) is 0 Å². The Kier molecular flexibility index (Phi) is 7.80. The van der Waals surface area contributed by atoms with Gasteiger partial charge in [-0.15, -0.1) is 0 Å². The number of benzene rings is 11. The van der Waals surface area contributed by atoms with Crippen molar-refractivity contribution >= 4 is 43.1 Å². The van der Waals surface area contributed by atoms with E-state index in [0.29, 0.717) is 0 Å². The molecule has 0 atom stereocenters. The first-order valence-electron chi connectivity index (χ1n) is 22.7. The van der Waals surface area contributed by atoms with E-state index in [0.717, 1.165) is 0 Å². The highest BCUT2D eigenvalue weighted by atomic mass is 14.4. The molecule has 0 saturated heterocycles. The van der Waals surface area contributed by atoms with Gasteiger partial charge in [0.1, 0.15) is 0 Å². The van der Waals surface area contributed by atoms with Crippen LogP contribution < -0.4 is 0 Å². The fraction of sp³-hybridized carbons (Fsp3) is 0.0938. The van der Waals surface area contributed by atoms with Gasteiger partial charge < -0.3 is 0 Å². The topological polar surface area (TPSA) is 0 Å². The highest BCUT2D eigenvalue weighted by Gasteiger charge is 2.36. The minimum Gasteiger partial charge on any atom is -0.0619 e. The minimum absolute atomic E-state index is 0.0576. The van der Waals surface area contributed by atoms with Gasteiger partial charge in [0.05, 0.1) is 0 Å².